The molecule has 0 amide bonds. The molecule has 1 saturated carbocycles. The molecule has 0 heterocycles. The first-order chi connectivity index (χ1) is 13.2. The number of hydrogen-bond acceptors (Lipinski definition) is 1. The van der Waals surface area contributed by atoms with Gasteiger partial charge in [0.05, 0.1) is 5.39 Å². The van der Waals surface area contributed by atoms with Crippen molar-refractivity contribution in [3.63, 3.8) is 0 Å². The summed E-state index contributed by atoms with van der Waals surface area (Å²) >= 11 is 0. The topological polar surface area (TPSA) is 9.23 Å². The fourth-order valence-corrected chi connectivity index (χ4v) is 4.13. The molecule has 2 aromatic rings. The molecule has 1 fully saturated rings. The molecule has 7 heteroatoms. The van der Waals surface area contributed by atoms with Gasteiger partial charge in [0.15, 0.2) is 24.0 Å². The van der Waals surface area contributed by atoms with Gasteiger partial charge >= 0.3 is 6.18 Å². The van der Waals surface area contributed by atoms with Crippen LogP contribution in [0.15, 0.2) is 18.2 Å². The standard InChI is InChI=1S/C21H22F6O/c1-2-3-12-4-6-13(7-5-12)14-8-15-10-17(23)20(28-11-21(25,26)27)19(24)18(15)16(22)9-14/h8-10,12-13H,2-7,11H2,1H3. The van der Waals surface area contributed by atoms with Crippen LogP contribution in [0.1, 0.15) is 56.9 Å². The SMILES string of the molecule is CCCC1CCC(c2cc(F)c3c(F)c(OCC(F)(F)F)c(F)cc3c2)CC1. The van der Waals surface area contributed by atoms with Crippen molar-refractivity contribution in [2.45, 2.75) is 57.5 Å². The average molecular weight is 404 g/mol. The molecular weight excluding hydrogens is 382 g/mol. The predicted molar refractivity (Wildman–Crippen MR) is 95.0 cm³/mol. The van der Waals surface area contributed by atoms with E-state index < -0.39 is 41.4 Å². The molecule has 1 aliphatic rings. The fourth-order valence-electron chi connectivity index (χ4n) is 4.13. The molecule has 1 aliphatic carbocycles. The van der Waals surface area contributed by atoms with Gasteiger partial charge in [0, 0.05) is 0 Å². The smallest absolute Gasteiger partial charge is 0.422 e. The third-order valence-electron chi connectivity index (χ3n) is 5.46. The van der Waals surface area contributed by atoms with E-state index in [0.29, 0.717) is 11.5 Å². The second-order valence-electron chi connectivity index (χ2n) is 7.51. The number of ether oxygens (including phenoxy) is 1. The zero-order valence-corrected chi connectivity index (χ0v) is 15.5. The van der Waals surface area contributed by atoms with E-state index >= 15 is 0 Å². The van der Waals surface area contributed by atoms with E-state index in [4.69, 9.17) is 0 Å². The van der Waals surface area contributed by atoms with Gasteiger partial charge < -0.3 is 4.74 Å². The van der Waals surface area contributed by atoms with E-state index in [-0.39, 0.29) is 11.3 Å². The van der Waals surface area contributed by atoms with Gasteiger partial charge in [0.1, 0.15) is 5.82 Å². The van der Waals surface area contributed by atoms with Gasteiger partial charge in [0.2, 0.25) is 0 Å². The third kappa shape index (κ3) is 4.55. The van der Waals surface area contributed by atoms with E-state index in [9.17, 15) is 26.3 Å². The minimum atomic E-state index is -4.76. The molecule has 0 N–H and O–H groups in total. The van der Waals surface area contributed by atoms with Crippen molar-refractivity contribution < 1.29 is 31.1 Å². The molecule has 1 nitrogen and oxygen atoms in total. The quantitative estimate of drug-likeness (QED) is 0.476. The maximum atomic E-state index is 14.6. The number of hydrogen-bond donors (Lipinski definition) is 0. The van der Waals surface area contributed by atoms with Gasteiger partial charge in [-0.3, -0.25) is 0 Å². The number of rotatable bonds is 5. The number of fused-ring (bicyclic) bond motifs is 1. The van der Waals surface area contributed by atoms with Gasteiger partial charge in [-0.25, -0.2) is 13.2 Å². The lowest BCUT2D eigenvalue weighted by atomic mass is 9.77. The molecular formula is C21H22F6O. The summed E-state index contributed by atoms with van der Waals surface area (Å²) in [6.45, 7) is 0.285. The van der Waals surface area contributed by atoms with Crippen LogP contribution in [0.5, 0.6) is 5.75 Å². The highest BCUT2D eigenvalue weighted by molar-refractivity contribution is 5.86. The highest BCUT2D eigenvalue weighted by atomic mass is 19.4. The number of alkyl halides is 3. The summed E-state index contributed by atoms with van der Waals surface area (Å²) in [5.41, 5.74) is 0.669. The average Bonchev–Trinajstić information content (AvgIpc) is 2.60. The molecule has 0 radical (unpaired) electrons. The monoisotopic (exact) mass is 404 g/mol. The van der Waals surface area contributed by atoms with Crippen molar-refractivity contribution in [1.82, 2.24) is 0 Å². The van der Waals surface area contributed by atoms with Crippen molar-refractivity contribution >= 4 is 10.8 Å². The fraction of sp³-hybridized carbons (Fsp3) is 0.524. The van der Waals surface area contributed by atoms with E-state index in [0.717, 1.165) is 44.6 Å². The van der Waals surface area contributed by atoms with Crippen LogP contribution >= 0.6 is 0 Å². The van der Waals surface area contributed by atoms with Crippen molar-refractivity contribution in [1.29, 1.82) is 0 Å². The van der Waals surface area contributed by atoms with Crippen LogP contribution in [0.4, 0.5) is 26.3 Å². The van der Waals surface area contributed by atoms with Crippen molar-refractivity contribution in [2.24, 2.45) is 5.92 Å². The summed E-state index contributed by atoms with van der Waals surface area (Å²) in [5.74, 6) is -4.09. The molecule has 2 aromatic carbocycles. The van der Waals surface area contributed by atoms with Gasteiger partial charge in [0.25, 0.3) is 0 Å². The number of benzene rings is 2. The summed E-state index contributed by atoms with van der Waals surface area (Å²) < 4.78 is 84.4. The third-order valence-corrected chi connectivity index (χ3v) is 5.46. The van der Waals surface area contributed by atoms with Gasteiger partial charge in [-0.15, -0.1) is 0 Å². The van der Waals surface area contributed by atoms with E-state index in [1.807, 2.05) is 0 Å². The molecule has 0 bridgehead atoms. The Bertz CT molecular complexity index is 837. The van der Waals surface area contributed by atoms with E-state index in [1.54, 1.807) is 0 Å². The first-order valence-corrected chi connectivity index (χ1v) is 9.50. The zero-order valence-electron chi connectivity index (χ0n) is 15.5. The maximum absolute atomic E-state index is 14.6. The Labute approximate surface area is 159 Å². The lowest BCUT2D eigenvalue weighted by Gasteiger charge is -2.29. The Balaban J connectivity index is 1.90. The molecule has 0 unspecified atom stereocenters. The zero-order chi connectivity index (χ0) is 20.5. The van der Waals surface area contributed by atoms with Crippen molar-refractivity contribution in [3.05, 3.63) is 41.2 Å². The molecule has 0 aliphatic heterocycles. The van der Waals surface area contributed by atoms with Crippen LogP contribution in [-0.2, 0) is 0 Å². The van der Waals surface area contributed by atoms with E-state index in [2.05, 4.69) is 11.7 Å². The molecule has 28 heavy (non-hydrogen) atoms. The van der Waals surface area contributed by atoms with Gasteiger partial charge in [-0.2, -0.15) is 13.2 Å². The Morgan fingerprint density at radius 2 is 1.64 bits per heavy atom. The highest BCUT2D eigenvalue weighted by Gasteiger charge is 2.31. The predicted octanol–water partition coefficient (Wildman–Crippen LogP) is 7.27. The summed E-state index contributed by atoms with van der Waals surface area (Å²) in [4.78, 5) is 0. The van der Waals surface area contributed by atoms with Crippen molar-refractivity contribution in [3.8, 4) is 5.75 Å². The lowest BCUT2D eigenvalue weighted by molar-refractivity contribution is -0.154. The lowest BCUT2D eigenvalue weighted by Crippen LogP contribution is -2.20. The van der Waals surface area contributed by atoms with Crippen LogP contribution in [0.25, 0.3) is 10.8 Å². The van der Waals surface area contributed by atoms with Gasteiger partial charge in [-0.05, 0) is 60.6 Å². The van der Waals surface area contributed by atoms with Crippen LogP contribution < -0.4 is 4.74 Å². The Morgan fingerprint density at radius 3 is 2.25 bits per heavy atom. The summed E-state index contributed by atoms with van der Waals surface area (Å²) in [7, 11) is 0. The summed E-state index contributed by atoms with van der Waals surface area (Å²) in [6, 6.07) is 3.57. The molecule has 0 saturated heterocycles. The molecule has 0 spiro atoms. The maximum Gasteiger partial charge on any atom is 0.422 e. The summed E-state index contributed by atoms with van der Waals surface area (Å²) in [5, 5.41) is -0.568. The summed E-state index contributed by atoms with van der Waals surface area (Å²) in [6.07, 6.45) is 1.36. The Morgan fingerprint density at radius 1 is 0.964 bits per heavy atom. The van der Waals surface area contributed by atoms with E-state index in [1.165, 1.54) is 12.1 Å². The van der Waals surface area contributed by atoms with Crippen molar-refractivity contribution in [2.75, 3.05) is 6.61 Å². The largest absolute Gasteiger partial charge is 0.478 e. The molecule has 154 valence electrons. The highest BCUT2D eigenvalue weighted by Crippen LogP contribution is 2.40. The van der Waals surface area contributed by atoms with Crippen LogP contribution in [0, 0.1) is 23.4 Å². The number of halogens is 6. The minimum Gasteiger partial charge on any atom is -0.478 e. The second-order valence-corrected chi connectivity index (χ2v) is 7.51. The van der Waals surface area contributed by atoms with Crippen LogP contribution in [-0.4, -0.2) is 12.8 Å². The second kappa shape index (κ2) is 8.21. The molecule has 3 rings (SSSR count). The molecule has 0 atom stereocenters. The molecule has 0 aromatic heterocycles. The first kappa shape index (κ1) is 20.8. The normalized spacial score (nSPS) is 20.5. The van der Waals surface area contributed by atoms with Gasteiger partial charge in [-0.1, -0.05) is 25.8 Å². The Kier molecular flexibility index (Phi) is 6.10. The first-order valence-electron chi connectivity index (χ1n) is 9.50. The minimum absolute atomic E-state index is 0.0139. The van der Waals surface area contributed by atoms with Crippen LogP contribution in [0.2, 0.25) is 0 Å². The van der Waals surface area contributed by atoms with Crippen LogP contribution in [0.3, 0.4) is 0 Å². The Hall–Kier alpha value is -1.92.